The van der Waals surface area contributed by atoms with Gasteiger partial charge in [-0.15, -0.1) is 0 Å². The predicted molar refractivity (Wildman–Crippen MR) is 69.4 cm³/mol. The molecule has 0 aliphatic carbocycles. The largest absolute Gasteiger partial charge is 0.489 e. The van der Waals surface area contributed by atoms with Crippen LogP contribution in [0.2, 0.25) is 0 Å². The van der Waals surface area contributed by atoms with E-state index in [0.717, 1.165) is 5.56 Å². The molecule has 5 heteroatoms. The van der Waals surface area contributed by atoms with Crippen LogP contribution < -0.4 is 15.2 Å². The molecular weight excluding hydrogens is 247 g/mol. The highest BCUT2D eigenvalue weighted by Gasteiger charge is 2.06. The number of nitrogens with zero attached hydrogens (tertiary/aromatic N) is 1. The second-order valence-electron chi connectivity index (χ2n) is 3.96. The number of ether oxygens (including phenoxy) is 2. The van der Waals surface area contributed by atoms with Crippen molar-refractivity contribution in [1.82, 2.24) is 4.98 Å². The van der Waals surface area contributed by atoms with E-state index in [1.54, 1.807) is 25.4 Å². The third-order valence-corrected chi connectivity index (χ3v) is 2.60. The molecule has 0 amide bonds. The lowest BCUT2D eigenvalue weighted by Crippen LogP contribution is -2.02. The minimum Gasteiger partial charge on any atom is -0.489 e. The Labute approximate surface area is 111 Å². The zero-order valence-electron chi connectivity index (χ0n) is 10.6. The Morgan fingerprint density at radius 1 is 1.32 bits per heavy atom. The summed E-state index contributed by atoms with van der Waals surface area (Å²) in [5, 5.41) is 0. The molecule has 1 aromatic heterocycles. The fraction of sp³-hybridized carbons (Fsp3) is 0.214. The summed E-state index contributed by atoms with van der Waals surface area (Å²) in [6.45, 7) is 0.523. The van der Waals surface area contributed by atoms with Gasteiger partial charge in [0.1, 0.15) is 18.2 Å². The average molecular weight is 262 g/mol. The molecule has 19 heavy (non-hydrogen) atoms. The van der Waals surface area contributed by atoms with Crippen LogP contribution in [0.4, 0.5) is 4.39 Å². The number of benzene rings is 1. The van der Waals surface area contributed by atoms with Crippen molar-refractivity contribution in [3.63, 3.8) is 0 Å². The molecular formula is C14H15FN2O2. The third kappa shape index (κ3) is 3.42. The Hall–Kier alpha value is -2.14. The van der Waals surface area contributed by atoms with E-state index < -0.39 is 0 Å². The molecule has 100 valence electrons. The molecule has 2 rings (SSSR count). The van der Waals surface area contributed by atoms with Gasteiger partial charge in [-0.1, -0.05) is 0 Å². The van der Waals surface area contributed by atoms with Crippen LogP contribution in [0.1, 0.15) is 11.1 Å². The SMILES string of the molecule is COc1ncccc1COc1cc(F)cc(CN)c1. The normalized spacial score (nSPS) is 10.3. The van der Waals surface area contributed by atoms with Crippen molar-refractivity contribution in [3.8, 4) is 11.6 Å². The van der Waals surface area contributed by atoms with Crippen molar-refractivity contribution in [3.05, 3.63) is 53.5 Å². The summed E-state index contributed by atoms with van der Waals surface area (Å²) in [4.78, 5) is 4.06. The molecule has 0 aliphatic rings. The molecule has 0 saturated carbocycles. The topological polar surface area (TPSA) is 57.4 Å². The molecule has 0 aliphatic heterocycles. The van der Waals surface area contributed by atoms with E-state index in [4.69, 9.17) is 15.2 Å². The molecule has 0 atom stereocenters. The van der Waals surface area contributed by atoms with Gasteiger partial charge in [0, 0.05) is 18.8 Å². The van der Waals surface area contributed by atoms with Gasteiger partial charge in [-0.3, -0.25) is 0 Å². The van der Waals surface area contributed by atoms with Gasteiger partial charge < -0.3 is 15.2 Å². The maximum Gasteiger partial charge on any atom is 0.219 e. The molecule has 0 saturated heterocycles. The van der Waals surface area contributed by atoms with Gasteiger partial charge in [0.05, 0.1) is 12.7 Å². The van der Waals surface area contributed by atoms with Crippen molar-refractivity contribution in [1.29, 1.82) is 0 Å². The first-order chi connectivity index (χ1) is 9.22. The highest BCUT2D eigenvalue weighted by molar-refractivity contribution is 5.31. The smallest absolute Gasteiger partial charge is 0.219 e. The lowest BCUT2D eigenvalue weighted by Gasteiger charge is -2.10. The first-order valence-electron chi connectivity index (χ1n) is 5.83. The molecule has 0 bridgehead atoms. The number of nitrogens with two attached hydrogens (primary N) is 1. The lowest BCUT2D eigenvalue weighted by atomic mass is 10.2. The molecule has 4 nitrogen and oxygen atoms in total. The Balaban J connectivity index is 2.12. The third-order valence-electron chi connectivity index (χ3n) is 2.60. The van der Waals surface area contributed by atoms with Crippen LogP contribution in [-0.2, 0) is 13.2 Å². The van der Waals surface area contributed by atoms with Crippen molar-refractivity contribution in [2.75, 3.05) is 7.11 Å². The number of hydrogen-bond acceptors (Lipinski definition) is 4. The summed E-state index contributed by atoms with van der Waals surface area (Å²) in [5.74, 6) is 0.570. The summed E-state index contributed by atoms with van der Waals surface area (Å²) in [6.07, 6.45) is 1.64. The van der Waals surface area contributed by atoms with Crippen LogP contribution in [0.15, 0.2) is 36.5 Å². The van der Waals surface area contributed by atoms with Crippen LogP contribution in [0.25, 0.3) is 0 Å². The van der Waals surface area contributed by atoms with Crippen molar-refractivity contribution in [2.45, 2.75) is 13.2 Å². The lowest BCUT2D eigenvalue weighted by molar-refractivity contribution is 0.292. The number of pyridine rings is 1. The zero-order valence-corrected chi connectivity index (χ0v) is 10.6. The van der Waals surface area contributed by atoms with Gasteiger partial charge in [-0.2, -0.15) is 0 Å². The number of aromatic nitrogens is 1. The van der Waals surface area contributed by atoms with Gasteiger partial charge in [0.25, 0.3) is 0 Å². The van der Waals surface area contributed by atoms with Crippen LogP contribution in [0.3, 0.4) is 0 Å². The van der Waals surface area contributed by atoms with Gasteiger partial charge in [0.2, 0.25) is 5.88 Å². The summed E-state index contributed by atoms with van der Waals surface area (Å²) in [5.41, 5.74) is 6.97. The molecule has 0 spiro atoms. The quantitative estimate of drug-likeness (QED) is 0.898. The summed E-state index contributed by atoms with van der Waals surface area (Å²) in [7, 11) is 1.54. The molecule has 0 fully saturated rings. The average Bonchev–Trinajstić information content (AvgIpc) is 2.44. The number of methoxy groups -OCH3 is 1. The van der Waals surface area contributed by atoms with E-state index in [9.17, 15) is 4.39 Å². The molecule has 0 radical (unpaired) electrons. The monoisotopic (exact) mass is 262 g/mol. The second-order valence-corrected chi connectivity index (χ2v) is 3.96. The predicted octanol–water partition coefficient (Wildman–Crippen LogP) is 2.27. The Kier molecular flexibility index (Phi) is 4.30. The minimum absolute atomic E-state index is 0.254. The van der Waals surface area contributed by atoms with Crippen LogP contribution in [0.5, 0.6) is 11.6 Å². The number of halogens is 1. The maximum atomic E-state index is 13.3. The van der Waals surface area contributed by atoms with Gasteiger partial charge in [-0.05, 0) is 29.8 Å². The second kappa shape index (κ2) is 6.15. The Morgan fingerprint density at radius 3 is 2.89 bits per heavy atom. The van der Waals surface area contributed by atoms with Crippen LogP contribution in [0, 0.1) is 5.82 Å². The summed E-state index contributed by atoms with van der Waals surface area (Å²) in [6, 6.07) is 8.05. The fourth-order valence-corrected chi connectivity index (χ4v) is 1.70. The number of hydrogen-bond donors (Lipinski definition) is 1. The van der Waals surface area contributed by atoms with E-state index in [1.807, 2.05) is 6.07 Å². The van der Waals surface area contributed by atoms with Crippen molar-refractivity contribution < 1.29 is 13.9 Å². The van der Waals surface area contributed by atoms with Crippen LogP contribution >= 0.6 is 0 Å². The summed E-state index contributed by atoms with van der Waals surface area (Å²) >= 11 is 0. The molecule has 1 aromatic carbocycles. The maximum absolute atomic E-state index is 13.3. The van der Waals surface area contributed by atoms with Gasteiger partial charge >= 0.3 is 0 Å². The Morgan fingerprint density at radius 2 is 2.16 bits per heavy atom. The molecule has 0 unspecified atom stereocenters. The fourth-order valence-electron chi connectivity index (χ4n) is 1.70. The van der Waals surface area contributed by atoms with Gasteiger partial charge in [0.15, 0.2) is 0 Å². The standard InChI is InChI=1S/C14H15FN2O2/c1-18-14-11(3-2-4-17-14)9-19-13-6-10(8-16)5-12(15)7-13/h2-7H,8-9,16H2,1H3. The van der Waals surface area contributed by atoms with E-state index in [2.05, 4.69) is 4.98 Å². The van der Waals surface area contributed by atoms with E-state index in [-0.39, 0.29) is 19.0 Å². The van der Waals surface area contributed by atoms with Crippen molar-refractivity contribution >= 4 is 0 Å². The first-order valence-corrected chi connectivity index (χ1v) is 5.83. The first kappa shape index (κ1) is 13.3. The highest BCUT2D eigenvalue weighted by atomic mass is 19.1. The molecule has 1 heterocycles. The zero-order chi connectivity index (χ0) is 13.7. The number of rotatable bonds is 5. The highest BCUT2D eigenvalue weighted by Crippen LogP contribution is 2.20. The van der Waals surface area contributed by atoms with Crippen molar-refractivity contribution in [2.24, 2.45) is 5.73 Å². The van der Waals surface area contributed by atoms with Crippen LogP contribution in [-0.4, -0.2) is 12.1 Å². The molecule has 2 aromatic rings. The summed E-state index contributed by atoms with van der Waals surface area (Å²) < 4.78 is 24.0. The van der Waals surface area contributed by atoms with E-state index >= 15 is 0 Å². The minimum atomic E-state index is -0.365. The molecule has 2 N–H and O–H groups in total. The van der Waals surface area contributed by atoms with E-state index in [1.165, 1.54) is 12.1 Å². The van der Waals surface area contributed by atoms with Gasteiger partial charge in [-0.25, -0.2) is 9.37 Å². The Bertz CT molecular complexity index is 561. The van der Waals surface area contributed by atoms with E-state index in [0.29, 0.717) is 17.2 Å².